The highest BCUT2D eigenvalue weighted by molar-refractivity contribution is 5.14. The number of rotatable bonds is 4. The summed E-state index contributed by atoms with van der Waals surface area (Å²) in [5.41, 5.74) is 2.29. The second-order valence-corrected chi connectivity index (χ2v) is 6.05. The zero-order chi connectivity index (χ0) is 13.9. The van der Waals surface area contributed by atoms with Crippen LogP contribution < -0.4 is 5.32 Å². The Morgan fingerprint density at radius 2 is 2.26 bits per heavy atom. The van der Waals surface area contributed by atoms with Crippen molar-refractivity contribution in [2.45, 2.75) is 45.6 Å². The first-order valence-electron chi connectivity index (χ1n) is 6.97. The van der Waals surface area contributed by atoms with Gasteiger partial charge in [-0.1, -0.05) is 6.07 Å². The third kappa shape index (κ3) is 4.27. The second kappa shape index (κ2) is 5.99. The molecule has 0 aromatic carbocycles. The van der Waals surface area contributed by atoms with Crippen LogP contribution in [-0.2, 0) is 17.8 Å². The van der Waals surface area contributed by atoms with E-state index in [1.54, 1.807) is 0 Å². The molecule has 0 aliphatic carbocycles. The Balaban J connectivity index is 1.96. The van der Waals surface area contributed by atoms with Gasteiger partial charge in [0.05, 0.1) is 17.4 Å². The fraction of sp³-hybridized carbons (Fsp3) is 0.667. The van der Waals surface area contributed by atoms with Gasteiger partial charge in [0.2, 0.25) is 0 Å². The van der Waals surface area contributed by atoms with Gasteiger partial charge in [-0.15, -0.1) is 0 Å². The van der Waals surface area contributed by atoms with Crippen LogP contribution in [0.4, 0.5) is 0 Å². The minimum atomic E-state index is -0.0657. The number of morpholine rings is 1. The van der Waals surface area contributed by atoms with Crippen LogP contribution in [0.25, 0.3) is 0 Å². The number of aromatic nitrogens is 1. The van der Waals surface area contributed by atoms with E-state index in [1.807, 2.05) is 13.2 Å². The average molecular weight is 263 g/mol. The van der Waals surface area contributed by atoms with E-state index in [2.05, 4.69) is 48.1 Å². The lowest BCUT2D eigenvalue weighted by Crippen LogP contribution is -2.51. The van der Waals surface area contributed by atoms with E-state index in [4.69, 9.17) is 4.74 Å². The molecule has 1 aromatic heterocycles. The second-order valence-electron chi connectivity index (χ2n) is 6.05. The lowest BCUT2D eigenvalue weighted by Gasteiger charge is -2.41. The maximum Gasteiger partial charge on any atom is 0.0757 e. The van der Waals surface area contributed by atoms with Gasteiger partial charge < -0.3 is 10.1 Å². The monoisotopic (exact) mass is 263 g/mol. The molecule has 1 aliphatic rings. The molecule has 1 N–H and O–H groups in total. The fourth-order valence-corrected chi connectivity index (χ4v) is 2.79. The topological polar surface area (TPSA) is 37.4 Å². The van der Waals surface area contributed by atoms with Crippen molar-refractivity contribution < 1.29 is 4.74 Å². The molecule has 4 heteroatoms. The molecule has 106 valence electrons. The molecule has 0 amide bonds. The first-order chi connectivity index (χ1) is 8.98. The highest BCUT2D eigenvalue weighted by Gasteiger charge is 2.31. The van der Waals surface area contributed by atoms with Crippen molar-refractivity contribution in [1.82, 2.24) is 15.2 Å². The zero-order valence-electron chi connectivity index (χ0n) is 12.4. The molecular weight excluding hydrogens is 238 g/mol. The van der Waals surface area contributed by atoms with Crippen molar-refractivity contribution in [3.8, 4) is 0 Å². The molecule has 1 fully saturated rings. The number of nitrogens with one attached hydrogen (secondary N) is 1. The lowest BCUT2D eigenvalue weighted by molar-refractivity contribution is -0.130. The summed E-state index contributed by atoms with van der Waals surface area (Å²) in [6, 6.07) is 4.27. The molecule has 1 atom stereocenters. The predicted molar refractivity (Wildman–Crippen MR) is 76.9 cm³/mol. The number of hydrogen-bond donors (Lipinski definition) is 1. The van der Waals surface area contributed by atoms with Crippen molar-refractivity contribution in [2.24, 2.45) is 0 Å². The van der Waals surface area contributed by atoms with Crippen molar-refractivity contribution in [2.75, 3.05) is 20.1 Å². The quantitative estimate of drug-likeness (QED) is 0.899. The normalized spacial score (nSPS) is 23.5. The summed E-state index contributed by atoms with van der Waals surface area (Å²) in [7, 11) is 1.95. The Kier molecular flexibility index (Phi) is 4.55. The van der Waals surface area contributed by atoms with Crippen LogP contribution in [0.2, 0.25) is 0 Å². The number of pyridine rings is 1. The van der Waals surface area contributed by atoms with Gasteiger partial charge in [0, 0.05) is 32.4 Å². The molecular formula is C15H25N3O. The summed E-state index contributed by atoms with van der Waals surface area (Å²) in [5, 5.41) is 3.13. The smallest absolute Gasteiger partial charge is 0.0757 e. The van der Waals surface area contributed by atoms with E-state index in [9.17, 15) is 0 Å². The van der Waals surface area contributed by atoms with E-state index in [-0.39, 0.29) is 11.7 Å². The van der Waals surface area contributed by atoms with Crippen LogP contribution in [0.3, 0.4) is 0 Å². The van der Waals surface area contributed by atoms with Crippen molar-refractivity contribution in [1.29, 1.82) is 0 Å². The highest BCUT2D eigenvalue weighted by Crippen LogP contribution is 2.21. The highest BCUT2D eigenvalue weighted by atomic mass is 16.5. The molecule has 4 nitrogen and oxygen atoms in total. The molecule has 0 radical (unpaired) electrons. The van der Waals surface area contributed by atoms with Crippen molar-refractivity contribution in [3.05, 3.63) is 29.6 Å². The Bertz CT molecular complexity index is 402. The Morgan fingerprint density at radius 1 is 1.47 bits per heavy atom. The molecule has 0 saturated carbocycles. The first kappa shape index (κ1) is 14.4. The van der Waals surface area contributed by atoms with Crippen LogP contribution >= 0.6 is 0 Å². The van der Waals surface area contributed by atoms with Crippen molar-refractivity contribution >= 4 is 0 Å². The van der Waals surface area contributed by atoms with Crippen molar-refractivity contribution in [3.63, 3.8) is 0 Å². The average Bonchev–Trinajstić information content (AvgIpc) is 2.29. The number of nitrogens with zero attached hydrogens (tertiary/aromatic N) is 2. The van der Waals surface area contributed by atoms with Gasteiger partial charge in [0.25, 0.3) is 0 Å². The van der Waals surface area contributed by atoms with Gasteiger partial charge in [-0.05, 0) is 39.4 Å². The van der Waals surface area contributed by atoms with Crippen LogP contribution in [0.15, 0.2) is 18.3 Å². The van der Waals surface area contributed by atoms with Crippen LogP contribution in [-0.4, -0.2) is 41.7 Å². The van der Waals surface area contributed by atoms with Gasteiger partial charge in [-0.3, -0.25) is 9.88 Å². The molecule has 1 aliphatic heterocycles. The number of ether oxygens (including phenoxy) is 1. The molecule has 2 heterocycles. The van der Waals surface area contributed by atoms with E-state index >= 15 is 0 Å². The van der Waals surface area contributed by atoms with E-state index in [0.717, 1.165) is 31.9 Å². The molecule has 0 spiro atoms. The largest absolute Gasteiger partial charge is 0.370 e. The van der Waals surface area contributed by atoms with Gasteiger partial charge in [0.1, 0.15) is 0 Å². The molecule has 19 heavy (non-hydrogen) atoms. The third-order valence-corrected chi connectivity index (χ3v) is 3.29. The SMILES string of the molecule is CNCc1ccc(CN2CC(C)OC(C)(C)C2)nc1. The summed E-state index contributed by atoms with van der Waals surface area (Å²) in [4.78, 5) is 6.97. The Labute approximate surface area is 116 Å². The van der Waals surface area contributed by atoms with Gasteiger partial charge in [0.15, 0.2) is 0 Å². The van der Waals surface area contributed by atoms with E-state index in [1.165, 1.54) is 5.56 Å². The third-order valence-electron chi connectivity index (χ3n) is 3.29. The van der Waals surface area contributed by atoms with Crippen LogP contribution in [0.1, 0.15) is 32.0 Å². The molecule has 1 saturated heterocycles. The summed E-state index contributed by atoms with van der Waals surface area (Å²) < 4.78 is 5.92. The summed E-state index contributed by atoms with van der Waals surface area (Å²) >= 11 is 0. The molecule has 2 rings (SSSR count). The van der Waals surface area contributed by atoms with Crippen LogP contribution in [0.5, 0.6) is 0 Å². The lowest BCUT2D eigenvalue weighted by atomic mass is 10.1. The first-order valence-corrected chi connectivity index (χ1v) is 6.97. The van der Waals surface area contributed by atoms with Crippen LogP contribution in [0, 0.1) is 0 Å². The molecule has 1 aromatic rings. The Hall–Kier alpha value is -0.970. The Morgan fingerprint density at radius 3 is 2.84 bits per heavy atom. The van der Waals surface area contributed by atoms with E-state index < -0.39 is 0 Å². The summed E-state index contributed by atoms with van der Waals surface area (Å²) in [6.07, 6.45) is 2.24. The number of hydrogen-bond acceptors (Lipinski definition) is 4. The van der Waals surface area contributed by atoms with E-state index in [0.29, 0.717) is 0 Å². The zero-order valence-corrected chi connectivity index (χ0v) is 12.4. The summed E-state index contributed by atoms with van der Waals surface area (Å²) in [5.74, 6) is 0. The maximum absolute atomic E-state index is 5.92. The van der Waals surface area contributed by atoms with Gasteiger partial charge in [-0.2, -0.15) is 0 Å². The fourth-order valence-electron chi connectivity index (χ4n) is 2.79. The standard InChI is InChI=1S/C15H25N3O/c1-12-9-18(11-15(2,3)19-12)10-14-6-5-13(7-16-4)8-17-14/h5-6,8,12,16H,7,9-11H2,1-4H3. The molecule has 1 unspecified atom stereocenters. The van der Waals surface area contributed by atoms with Gasteiger partial charge in [-0.25, -0.2) is 0 Å². The predicted octanol–water partition coefficient (Wildman–Crippen LogP) is 1.80. The maximum atomic E-state index is 5.92. The van der Waals surface area contributed by atoms with Gasteiger partial charge >= 0.3 is 0 Å². The minimum absolute atomic E-state index is 0.0657. The minimum Gasteiger partial charge on any atom is -0.370 e. The summed E-state index contributed by atoms with van der Waals surface area (Å²) in [6.45, 7) is 10.1. The molecule has 0 bridgehead atoms.